The molecule has 0 fully saturated rings. The van der Waals surface area contributed by atoms with Crippen molar-refractivity contribution in [1.29, 1.82) is 0 Å². The minimum atomic E-state index is -0.793. The summed E-state index contributed by atoms with van der Waals surface area (Å²) in [6.07, 6.45) is 0. The first kappa shape index (κ1) is 21.2. The molecule has 0 N–H and O–H groups in total. The van der Waals surface area contributed by atoms with Crippen molar-refractivity contribution in [3.63, 3.8) is 0 Å². The van der Waals surface area contributed by atoms with Crippen LogP contribution in [0.2, 0.25) is 0 Å². The molecule has 1 heterocycles. The Morgan fingerprint density at radius 3 is 1.55 bits per heavy atom. The smallest absolute Gasteiger partial charge is 0.262 e. The number of benzene rings is 2. The lowest BCUT2D eigenvalue weighted by molar-refractivity contribution is -0.401. The lowest BCUT2D eigenvalue weighted by atomic mass is 9.89. The SMILES string of the molecule is CC(C)(C)OOC(C)(C)c1ccc(C(C)(C)N2C(=O)c3ccccc3C2=O)cc1. The Bertz CT molecular complexity index is 901. The average molecular weight is 395 g/mol. The normalized spacial score (nSPS) is 15.1. The Kier molecular flexibility index (Phi) is 5.18. The number of hydrogen-bond acceptors (Lipinski definition) is 4. The molecule has 0 aliphatic carbocycles. The van der Waals surface area contributed by atoms with Crippen LogP contribution in [0, 0.1) is 0 Å². The van der Waals surface area contributed by atoms with E-state index in [1.54, 1.807) is 24.3 Å². The third-order valence-electron chi connectivity index (χ3n) is 5.14. The summed E-state index contributed by atoms with van der Waals surface area (Å²) in [6, 6.07) is 14.7. The maximum Gasteiger partial charge on any atom is 0.262 e. The number of carbonyl (C=O) groups excluding carboxylic acids is 2. The molecular weight excluding hydrogens is 366 g/mol. The van der Waals surface area contributed by atoms with Gasteiger partial charge >= 0.3 is 0 Å². The van der Waals surface area contributed by atoms with Crippen molar-refractivity contribution in [3.8, 4) is 0 Å². The van der Waals surface area contributed by atoms with Gasteiger partial charge in [0.15, 0.2) is 0 Å². The number of rotatable bonds is 5. The molecule has 0 aromatic heterocycles. The second-order valence-electron chi connectivity index (χ2n) is 9.42. The van der Waals surface area contributed by atoms with Crippen molar-refractivity contribution in [2.75, 3.05) is 0 Å². The second-order valence-corrected chi connectivity index (χ2v) is 9.42. The van der Waals surface area contributed by atoms with Crippen molar-refractivity contribution < 1.29 is 19.4 Å². The summed E-state index contributed by atoms with van der Waals surface area (Å²) in [4.78, 5) is 38.3. The number of imide groups is 1. The lowest BCUT2D eigenvalue weighted by Crippen LogP contribution is -2.45. The average Bonchev–Trinajstić information content (AvgIpc) is 2.91. The zero-order chi connectivity index (χ0) is 21.6. The van der Waals surface area contributed by atoms with E-state index in [1.807, 2.05) is 72.7 Å². The van der Waals surface area contributed by atoms with E-state index in [-0.39, 0.29) is 11.8 Å². The molecule has 0 saturated carbocycles. The van der Waals surface area contributed by atoms with Gasteiger partial charge in [0.25, 0.3) is 11.8 Å². The Hall–Kier alpha value is -2.50. The Morgan fingerprint density at radius 1 is 0.655 bits per heavy atom. The predicted molar refractivity (Wildman–Crippen MR) is 111 cm³/mol. The minimum absolute atomic E-state index is 0.262. The van der Waals surface area contributed by atoms with E-state index in [1.165, 1.54) is 4.90 Å². The van der Waals surface area contributed by atoms with Crippen molar-refractivity contribution in [3.05, 3.63) is 70.8 Å². The van der Waals surface area contributed by atoms with Crippen LogP contribution in [0.5, 0.6) is 0 Å². The van der Waals surface area contributed by atoms with Gasteiger partial charge in [-0.05, 0) is 71.7 Å². The van der Waals surface area contributed by atoms with Crippen LogP contribution in [0.4, 0.5) is 0 Å². The molecule has 5 heteroatoms. The maximum absolute atomic E-state index is 12.9. The summed E-state index contributed by atoms with van der Waals surface area (Å²) in [7, 11) is 0. The van der Waals surface area contributed by atoms with E-state index in [0.29, 0.717) is 11.1 Å². The van der Waals surface area contributed by atoms with Crippen molar-refractivity contribution in [2.24, 2.45) is 0 Å². The van der Waals surface area contributed by atoms with Gasteiger partial charge in [-0.15, -0.1) is 0 Å². The summed E-state index contributed by atoms with van der Waals surface area (Å²) >= 11 is 0. The molecule has 29 heavy (non-hydrogen) atoms. The molecule has 2 aromatic carbocycles. The summed E-state index contributed by atoms with van der Waals surface area (Å²) in [6.45, 7) is 13.4. The Morgan fingerprint density at radius 2 is 1.10 bits per heavy atom. The highest BCUT2D eigenvalue weighted by Crippen LogP contribution is 2.37. The monoisotopic (exact) mass is 395 g/mol. The molecule has 0 spiro atoms. The van der Waals surface area contributed by atoms with Gasteiger partial charge in [0.2, 0.25) is 0 Å². The fourth-order valence-electron chi connectivity index (χ4n) is 3.38. The van der Waals surface area contributed by atoms with Gasteiger partial charge in [0.1, 0.15) is 5.60 Å². The van der Waals surface area contributed by atoms with E-state index >= 15 is 0 Å². The molecule has 0 bridgehead atoms. The number of carbonyl (C=O) groups is 2. The summed E-state index contributed by atoms with van der Waals surface area (Å²) < 4.78 is 0. The highest BCUT2D eigenvalue weighted by atomic mass is 17.2. The Balaban J connectivity index is 1.86. The van der Waals surface area contributed by atoms with E-state index in [0.717, 1.165) is 11.1 Å². The molecule has 3 rings (SSSR count). The van der Waals surface area contributed by atoms with Crippen molar-refractivity contribution in [1.82, 2.24) is 4.90 Å². The molecule has 154 valence electrons. The summed E-state index contributed by atoms with van der Waals surface area (Å²) in [5, 5.41) is 0. The second kappa shape index (κ2) is 7.08. The topological polar surface area (TPSA) is 55.8 Å². The molecular formula is C24H29NO4. The van der Waals surface area contributed by atoms with Gasteiger partial charge in [0.05, 0.1) is 22.3 Å². The highest BCUT2D eigenvalue weighted by Gasteiger charge is 2.44. The summed E-state index contributed by atoms with van der Waals surface area (Å²) in [5.74, 6) is -0.524. The van der Waals surface area contributed by atoms with Crippen molar-refractivity contribution in [2.45, 2.75) is 65.2 Å². The first-order valence-electron chi connectivity index (χ1n) is 9.80. The molecule has 1 aliphatic heterocycles. The highest BCUT2D eigenvalue weighted by molar-refractivity contribution is 6.21. The number of fused-ring (bicyclic) bond motifs is 1. The van der Waals surface area contributed by atoms with Crippen LogP contribution in [0.25, 0.3) is 0 Å². The van der Waals surface area contributed by atoms with Gasteiger partial charge in [-0.1, -0.05) is 36.4 Å². The standard InChI is InChI=1S/C24H29NO4/c1-22(2,3)28-29-24(6,7)17-14-12-16(13-15-17)23(4,5)25-20(26)18-10-8-9-11-19(18)21(25)27/h8-15H,1-7H3. The lowest BCUT2D eigenvalue weighted by Gasteiger charge is -2.35. The van der Waals surface area contributed by atoms with Gasteiger partial charge < -0.3 is 0 Å². The van der Waals surface area contributed by atoms with Gasteiger partial charge in [0, 0.05) is 0 Å². The van der Waals surface area contributed by atoms with Crippen LogP contribution >= 0.6 is 0 Å². The van der Waals surface area contributed by atoms with Crippen molar-refractivity contribution >= 4 is 11.8 Å². The molecule has 5 nitrogen and oxygen atoms in total. The van der Waals surface area contributed by atoms with Crippen LogP contribution in [-0.2, 0) is 20.9 Å². The van der Waals surface area contributed by atoms with Gasteiger partial charge in [-0.2, -0.15) is 0 Å². The van der Waals surface area contributed by atoms with Crippen LogP contribution in [0.1, 0.15) is 80.3 Å². The quantitative estimate of drug-likeness (QED) is 0.397. The first-order chi connectivity index (χ1) is 13.3. The van der Waals surface area contributed by atoms with E-state index in [9.17, 15) is 9.59 Å². The zero-order valence-corrected chi connectivity index (χ0v) is 18.2. The van der Waals surface area contributed by atoms with Gasteiger partial charge in [-0.25, -0.2) is 9.78 Å². The number of hydrogen-bond donors (Lipinski definition) is 0. The molecule has 1 aliphatic rings. The van der Waals surface area contributed by atoms with E-state index < -0.39 is 16.7 Å². The van der Waals surface area contributed by atoms with E-state index in [2.05, 4.69) is 0 Å². The Labute approximate surface area is 172 Å². The summed E-state index contributed by atoms with van der Waals surface area (Å²) in [5.41, 5.74) is 0.855. The maximum atomic E-state index is 12.9. The van der Waals surface area contributed by atoms with Crippen LogP contribution in [-0.4, -0.2) is 22.3 Å². The molecule has 0 saturated heterocycles. The van der Waals surface area contributed by atoms with E-state index in [4.69, 9.17) is 9.78 Å². The number of nitrogens with zero attached hydrogens (tertiary/aromatic N) is 1. The third-order valence-corrected chi connectivity index (χ3v) is 5.14. The zero-order valence-electron chi connectivity index (χ0n) is 18.2. The van der Waals surface area contributed by atoms with Crippen LogP contribution < -0.4 is 0 Å². The van der Waals surface area contributed by atoms with Crippen LogP contribution in [0.15, 0.2) is 48.5 Å². The predicted octanol–water partition coefficient (Wildman–Crippen LogP) is 5.20. The number of amides is 2. The fourth-order valence-corrected chi connectivity index (χ4v) is 3.38. The minimum Gasteiger partial charge on any atom is -0.269 e. The first-order valence-corrected chi connectivity index (χ1v) is 9.80. The molecule has 0 atom stereocenters. The largest absolute Gasteiger partial charge is 0.269 e. The molecule has 2 aromatic rings. The fraction of sp³-hybridized carbons (Fsp3) is 0.417. The van der Waals surface area contributed by atoms with Gasteiger partial charge in [-0.3, -0.25) is 14.5 Å². The molecule has 2 amide bonds. The molecule has 0 radical (unpaired) electrons. The third kappa shape index (κ3) is 3.98. The molecule has 0 unspecified atom stereocenters. The van der Waals surface area contributed by atoms with Crippen LogP contribution in [0.3, 0.4) is 0 Å².